The first kappa shape index (κ1) is 21.9. The number of anilines is 1. The lowest BCUT2D eigenvalue weighted by atomic mass is 10.1. The first-order chi connectivity index (χ1) is 13.4. The number of thiophene rings is 1. The molecule has 1 atom stereocenters. The van der Waals surface area contributed by atoms with Gasteiger partial charge in [0.1, 0.15) is 10.9 Å². The zero-order valence-corrected chi connectivity index (χ0v) is 18.3. The molecule has 1 saturated heterocycles. The molecule has 1 aromatic carbocycles. The summed E-state index contributed by atoms with van der Waals surface area (Å²) in [6, 6.07) is 11.6. The maximum Gasteiger partial charge on any atom is 0.224 e. The molecule has 3 heterocycles. The molecule has 1 aliphatic heterocycles. The van der Waals surface area contributed by atoms with Crippen LogP contribution in [-0.4, -0.2) is 53.2 Å². The summed E-state index contributed by atoms with van der Waals surface area (Å²) in [5, 5.41) is 14.8. The number of nitrogens with one attached hydrogen (secondary N) is 1. The van der Waals surface area contributed by atoms with Gasteiger partial charge in [0.2, 0.25) is 16.0 Å². The third kappa shape index (κ3) is 5.04. The third-order valence-electron chi connectivity index (χ3n) is 4.93. The Morgan fingerprint density at radius 3 is 2.59 bits per heavy atom. The predicted molar refractivity (Wildman–Crippen MR) is 118 cm³/mol. The monoisotopic (exact) mass is 454 g/mol. The highest BCUT2D eigenvalue weighted by Crippen LogP contribution is 2.32. The topological polar surface area (TPSA) is 95.4 Å². The fourth-order valence-electron chi connectivity index (χ4n) is 3.37. The number of aromatic nitrogens is 2. The number of benzene rings is 1. The second-order valence-corrected chi connectivity index (χ2v) is 10.0. The Bertz CT molecular complexity index is 1070. The van der Waals surface area contributed by atoms with E-state index in [9.17, 15) is 13.5 Å². The first-order valence-corrected chi connectivity index (χ1v) is 11.8. The molecular weight excluding hydrogens is 432 g/mol. The van der Waals surface area contributed by atoms with Crippen LogP contribution in [0.1, 0.15) is 29.4 Å². The summed E-state index contributed by atoms with van der Waals surface area (Å²) in [4.78, 5) is 10.6. The molecule has 0 aliphatic carbocycles. The van der Waals surface area contributed by atoms with Gasteiger partial charge in [0.15, 0.2) is 0 Å². The molecule has 7 nitrogen and oxygen atoms in total. The zero-order chi connectivity index (χ0) is 19.7. The van der Waals surface area contributed by atoms with Crippen molar-refractivity contribution in [3.8, 4) is 0 Å². The second-order valence-electron chi connectivity index (χ2n) is 7.00. The van der Waals surface area contributed by atoms with E-state index in [-0.39, 0.29) is 18.4 Å². The molecule has 3 aromatic rings. The highest BCUT2D eigenvalue weighted by molar-refractivity contribution is 7.88. The van der Waals surface area contributed by atoms with E-state index in [2.05, 4.69) is 15.3 Å². The van der Waals surface area contributed by atoms with Gasteiger partial charge in [-0.3, -0.25) is 0 Å². The molecule has 0 spiro atoms. The van der Waals surface area contributed by atoms with E-state index < -0.39 is 16.1 Å². The number of hydrogen-bond donors (Lipinski definition) is 2. The summed E-state index contributed by atoms with van der Waals surface area (Å²) < 4.78 is 24.7. The van der Waals surface area contributed by atoms with Crippen molar-refractivity contribution in [3.05, 3.63) is 53.0 Å². The minimum atomic E-state index is -3.13. The molecule has 1 unspecified atom stereocenters. The Morgan fingerprint density at radius 2 is 1.93 bits per heavy atom. The van der Waals surface area contributed by atoms with E-state index in [1.807, 2.05) is 36.4 Å². The molecule has 2 aromatic heterocycles. The van der Waals surface area contributed by atoms with Gasteiger partial charge in [0.05, 0.1) is 6.26 Å². The van der Waals surface area contributed by atoms with Crippen LogP contribution in [0.2, 0.25) is 0 Å². The Kier molecular flexibility index (Phi) is 6.75. The average Bonchev–Trinajstić information content (AvgIpc) is 3.11. The largest absolute Gasteiger partial charge is 0.383 e. The fraction of sp³-hybridized carbons (Fsp3) is 0.368. The van der Waals surface area contributed by atoms with E-state index >= 15 is 0 Å². The van der Waals surface area contributed by atoms with Crippen LogP contribution in [0.15, 0.2) is 42.6 Å². The maximum absolute atomic E-state index is 11.6. The molecule has 29 heavy (non-hydrogen) atoms. The van der Waals surface area contributed by atoms with Crippen LogP contribution >= 0.6 is 23.7 Å². The van der Waals surface area contributed by atoms with Gasteiger partial charge < -0.3 is 10.4 Å². The van der Waals surface area contributed by atoms with Crippen molar-refractivity contribution in [1.82, 2.24) is 14.3 Å². The molecule has 10 heteroatoms. The lowest BCUT2D eigenvalue weighted by Crippen LogP contribution is -2.42. The molecule has 0 saturated carbocycles. The van der Waals surface area contributed by atoms with Crippen molar-refractivity contribution in [1.29, 1.82) is 0 Å². The van der Waals surface area contributed by atoms with Crippen LogP contribution in [0, 0.1) is 0 Å². The van der Waals surface area contributed by atoms with E-state index in [0.717, 1.165) is 33.5 Å². The summed E-state index contributed by atoms with van der Waals surface area (Å²) in [6.07, 6.45) is 3.76. The summed E-state index contributed by atoms with van der Waals surface area (Å²) in [5.41, 5.74) is 0.845. The number of nitrogens with zero attached hydrogens (tertiary/aromatic N) is 3. The van der Waals surface area contributed by atoms with Crippen LogP contribution in [0.5, 0.6) is 0 Å². The number of rotatable bonds is 5. The number of fused-ring (bicyclic) bond motifs is 1. The van der Waals surface area contributed by atoms with Crippen LogP contribution in [0.3, 0.4) is 0 Å². The Morgan fingerprint density at radius 1 is 1.24 bits per heavy atom. The summed E-state index contributed by atoms with van der Waals surface area (Å²) >= 11 is 1.45. The van der Waals surface area contributed by atoms with Crippen molar-refractivity contribution >= 4 is 49.9 Å². The van der Waals surface area contributed by atoms with Gasteiger partial charge in [-0.2, -0.15) is 0 Å². The zero-order valence-electron chi connectivity index (χ0n) is 15.9. The number of aliphatic hydroxyl groups excluding tert-OH is 1. The standard InChI is InChI=1S/C19H22N4O3S2.ClH/c1-28(25,26)23-9-7-15(8-10-23)21-19-20-12-14-11-16(27-18(14)22-19)17(24)13-5-3-2-4-6-13;/h2-6,11-12,15,17,24H,7-10H2,1H3,(H,20,21,22);1H. The number of piperidine rings is 1. The number of sulfonamides is 1. The Labute approximate surface area is 180 Å². The predicted octanol–water partition coefficient (Wildman–Crippen LogP) is 3.03. The van der Waals surface area contributed by atoms with Gasteiger partial charge in [-0.25, -0.2) is 22.7 Å². The third-order valence-corrected chi connectivity index (χ3v) is 7.33. The van der Waals surface area contributed by atoms with E-state index in [4.69, 9.17) is 0 Å². The van der Waals surface area contributed by atoms with Crippen LogP contribution in [0.4, 0.5) is 5.95 Å². The second kappa shape index (κ2) is 8.93. The molecule has 1 fully saturated rings. The van der Waals surface area contributed by atoms with Crippen molar-refractivity contribution in [2.24, 2.45) is 0 Å². The summed E-state index contributed by atoms with van der Waals surface area (Å²) in [7, 11) is -3.13. The van der Waals surface area contributed by atoms with Gasteiger partial charge in [-0.05, 0) is 24.5 Å². The van der Waals surface area contributed by atoms with Gasteiger partial charge >= 0.3 is 0 Å². The molecular formula is C19H23ClN4O3S2. The molecule has 0 radical (unpaired) electrons. The molecule has 156 valence electrons. The van der Waals surface area contributed by atoms with Crippen molar-refractivity contribution in [2.75, 3.05) is 24.7 Å². The normalized spacial score (nSPS) is 17.0. The molecule has 4 rings (SSSR count). The van der Waals surface area contributed by atoms with Crippen LogP contribution in [0.25, 0.3) is 10.2 Å². The Hall–Kier alpha value is -1.78. The van der Waals surface area contributed by atoms with E-state index in [1.165, 1.54) is 21.9 Å². The van der Waals surface area contributed by atoms with Crippen LogP contribution in [-0.2, 0) is 10.0 Å². The summed E-state index contributed by atoms with van der Waals surface area (Å²) in [6.45, 7) is 1.01. The number of hydrogen-bond acceptors (Lipinski definition) is 7. The highest BCUT2D eigenvalue weighted by atomic mass is 35.5. The Balaban J connectivity index is 0.00000240. The molecule has 0 amide bonds. The molecule has 0 bridgehead atoms. The maximum atomic E-state index is 11.6. The first-order valence-electron chi connectivity index (χ1n) is 9.11. The lowest BCUT2D eigenvalue weighted by Gasteiger charge is -2.30. The number of halogens is 1. The van der Waals surface area contributed by atoms with Gasteiger partial charge in [0, 0.05) is 35.6 Å². The van der Waals surface area contributed by atoms with E-state index in [1.54, 1.807) is 6.20 Å². The van der Waals surface area contributed by atoms with Gasteiger partial charge in [0.25, 0.3) is 0 Å². The quantitative estimate of drug-likeness (QED) is 0.615. The average molecular weight is 455 g/mol. The van der Waals surface area contributed by atoms with Crippen LogP contribution < -0.4 is 5.32 Å². The van der Waals surface area contributed by atoms with E-state index in [0.29, 0.717) is 19.0 Å². The molecule has 2 N–H and O–H groups in total. The summed E-state index contributed by atoms with van der Waals surface area (Å²) in [5.74, 6) is 0.535. The van der Waals surface area contributed by atoms with Crippen molar-refractivity contribution in [2.45, 2.75) is 25.0 Å². The minimum absolute atomic E-state index is 0. The van der Waals surface area contributed by atoms with Crippen molar-refractivity contribution < 1.29 is 13.5 Å². The number of aliphatic hydroxyl groups is 1. The van der Waals surface area contributed by atoms with Crippen molar-refractivity contribution in [3.63, 3.8) is 0 Å². The minimum Gasteiger partial charge on any atom is -0.383 e. The van der Waals surface area contributed by atoms with Gasteiger partial charge in [-0.15, -0.1) is 23.7 Å². The smallest absolute Gasteiger partial charge is 0.224 e. The molecule has 1 aliphatic rings. The SMILES string of the molecule is CS(=O)(=O)N1CCC(Nc2ncc3cc(C(O)c4ccccc4)sc3n2)CC1.Cl. The lowest BCUT2D eigenvalue weighted by molar-refractivity contribution is 0.224. The highest BCUT2D eigenvalue weighted by Gasteiger charge is 2.25. The fourth-order valence-corrected chi connectivity index (χ4v) is 5.26. The van der Waals surface area contributed by atoms with Gasteiger partial charge in [-0.1, -0.05) is 30.3 Å².